The lowest BCUT2D eigenvalue weighted by molar-refractivity contribution is -0.145. The second kappa shape index (κ2) is 11.1. The number of para-hydroxylation sites is 1. The van der Waals surface area contributed by atoms with Gasteiger partial charge in [-0.15, -0.1) is 5.10 Å². The molecule has 10 nitrogen and oxygen atoms in total. The van der Waals surface area contributed by atoms with E-state index in [9.17, 15) is 14.7 Å². The number of aromatic nitrogens is 5. The Morgan fingerprint density at radius 3 is 2.54 bits per heavy atom. The van der Waals surface area contributed by atoms with Gasteiger partial charge in [-0.25, -0.2) is 4.68 Å². The maximum atomic E-state index is 16.2. The van der Waals surface area contributed by atoms with Gasteiger partial charge in [-0.3, -0.25) is 19.4 Å². The van der Waals surface area contributed by atoms with Crippen LogP contribution in [0.2, 0.25) is 18.6 Å². The van der Waals surface area contributed by atoms with Gasteiger partial charge in [0.25, 0.3) is 11.5 Å². The van der Waals surface area contributed by atoms with Gasteiger partial charge in [0.1, 0.15) is 0 Å². The number of amides is 1. The summed E-state index contributed by atoms with van der Waals surface area (Å²) in [5, 5.41) is 22.5. The molecule has 0 aliphatic carbocycles. The summed E-state index contributed by atoms with van der Waals surface area (Å²) in [7, 11) is -1.65. The Bertz CT molecular complexity index is 1980. The number of nitrogens with one attached hydrogen (secondary N) is 1. The highest BCUT2D eigenvalue weighted by molar-refractivity contribution is 6.72. The number of ether oxygens (including phenoxy) is 1. The van der Waals surface area contributed by atoms with Gasteiger partial charge in [-0.05, 0) is 55.4 Å². The zero-order valence-electron chi connectivity index (χ0n) is 26.2. The average molecular weight is 641 g/mol. The number of carbonyl (C=O) groups is 1. The number of benzene rings is 3. The summed E-state index contributed by atoms with van der Waals surface area (Å²) in [6, 6.07) is 22.4. The Morgan fingerprint density at radius 2 is 1.83 bits per heavy atom. The number of aryl methyl sites for hydroxylation is 1. The molecular formula is C34H37FN6O4Si. The summed E-state index contributed by atoms with van der Waals surface area (Å²) in [5.41, 5.74) is 2.10. The van der Waals surface area contributed by atoms with Gasteiger partial charge in [0, 0.05) is 36.8 Å². The third-order valence-electron chi connectivity index (χ3n) is 9.87. The van der Waals surface area contributed by atoms with Crippen molar-refractivity contribution in [3.8, 4) is 5.69 Å². The van der Waals surface area contributed by atoms with E-state index in [1.54, 1.807) is 41.9 Å². The number of hydrogen-bond acceptors (Lipinski definition) is 6. The zero-order chi connectivity index (χ0) is 32.4. The number of carbonyl (C=O) groups excluding carboxylic acids is 1. The normalized spacial score (nSPS) is 23.5. The molecule has 5 atom stereocenters. The fourth-order valence-corrected chi connectivity index (χ4v) is 10.2. The molecule has 1 amide bonds. The summed E-state index contributed by atoms with van der Waals surface area (Å²) >= 11 is 0. The number of aliphatic hydroxyl groups is 1. The third-order valence-corrected chi connectivity index (χ3v) is 12.3. The first-order valence-electron chi connectivity index (χ1n) is 15.6. The average Bonchev–Trinajstić information content (AvgIpc) is 3.78. The summed E-state index contributed by atoms with van der Waals surface area (Å²) in [4.78, 5) is 29.0. The lowest BCUT2D eigenvalue weighted by Crippen LogP contribution is -2.44. The number of likely N-dealkylation sites (N-methyl/N-ethyl adjacent to an activating group) is 1. The molecule has 46 heavy (non-hydrogen) atoms. The van der Waals surface area contributed by atoms with Crippen molar-refractivity contribution in [2.75, 3.05) is 18.6 Å². The zero-order valence-corrected chi connectivity index (χ0v) is 27.2. The molecule has 4 heterocycles. The molecule has 12 heteroatoms. The lowest BCUT2D eigenvalue weighted by atomic mass is 9.82. The van der Waals surface area contributed by atoms with Crippen LogP contribution in [0.15, 0.2) is 83.8 Å². The topological polar surface area (TPSA) is 118 Å². The number of rotatable bonds is 8. The third kappa shape index (κ3) is 4.66. The van der Waals surface area contributed by atoms with Crippen molar-refractivity contribution >= 4 is 30.9 Å². The molecular weight excluding hydrogens is 603 g/mol. The number of anilines is 1. The molecule has 1 spiro atoms. The summed E-state index contributed by atoms with van der Waals surface area (Å²) in [6.45, 7) is 5.55. The van der Waals surface area contributed by atoms with Gasteiger partial charge in [0.15, 0.2) is 5.60 Å². The molecule has 0 bridgehead atoms. The first kappa shape index (κ1) is 30.3. The largest absolute Gasteiger partial charge is 0.395 e. The van der Waals surface area contributed by atoms with E-state index in [-0.39, 0.29) is 24.0 Å². The molecule has 7 rings (SSSR count). The van der Waals surface area contributed by atoms with E-state index in [0.29, 0.717) is 46.5 Å². The number of halogens is 1. The van der Waals surface area contributed by atoms with Crippen molar-refractivity contribution in [2.45, 2.75) is 56.1 Å². The summed E-state index contributed by atoms with van der Waals surface area (Å²) in [5.74, 6) is -1.01. The number of hydrogen-bond donors (Lipinski definition) is 2. The van der Waals surface area contributed by atoms with E-state index in [2.05, 4.69) is 15.4 Å². The second-order valence-electron chi connectivity index (χ2n) is 13.0. The van der Waals surface area contributed by atoms with Crippen LogP contribution >= 0.6 is 0 Å². The first-order valence-corrected chi connectivity index (χ1v) is 18.6. The monoisotopic (exact) mass is 640 g/mol. The van der Waals surface area contributed by atoms with Crippen LogP contribution in [-0.4, -0.2) is 64.0 Å². The van der Waals surface area contributed by atoms with Gasteiger partial charge in [-0.2, -0.15) is 0 Å². The number of aliphatic hydroxyl groups excluding tert-OH is 1. The number of aromatic amines is 1. The lowest BCUT2D eigenvalue weighted by Gasteiger charge is -2.31. The van der Waals surface area contributed by atoms with E-state index < -0.39 is 31.6 Å². The Kier molecular flexibility index (Phi) is 7.33. The van der Waals surface area contributed by atoms with Gasteiger partial charge in [0.2, 0.25) is 8.41 Å². The van der Waals surface area contributed by atoms with Crippen molar-refractivity contribution in [1.29, 1.82) is 0 Å². The van der Waals surface area contributed by atoms with Crippen LogP contribution in [0, 0.1) is 5.92 Å². The Labute approximate surface area is 266 Å². The Balaban J connectivity index is 1.22. The molecule has 238 valence electrons. The highest BCUT2D eigenvalue weighted by atomic mass is 28.4. The maximum Gasteiger partial charge on any atom is 0.279 e. The van der Waals surface area contributed by atoms with E-state index in [4.69, 9.17) is 4.74 Å². The summed E-state index contributed by atoms with van der Waals surface area (Å²) in [6.07, 6.45) is 1.67. The Hall–Kier alpha value is -4.39. The van der Waals surface area contributed by atoms with Crippen LogP contribution < -0.4 is 10.5 Å². The first-order chi connectivity index (χ1) is 22.0. The van der Waals surface area contributed by atoms with Crippen LogP contribution in [-0.2, 0) is 21.7 Å². The molecule has 1 unspecified atom stereocenters. The van der Waals surface area contributed by atoms with Crippen molar-refractivity contribution in [1.82, 2.24) is 24.8 Å². The van der Waals surface area contributed by atoms with Gasteiger partial charge in [-0.1, -0.05) is 54.6 Å². The predicted octanol–water partition coefficient (Wildman–Crippen LogP) is 4.88. The molecule has 5 aromatic rings. The quantitative estimate of drug-likeness (QED) is 0.185. The standard InChI is InChI=1S/C34H37FN6O4Si/c1-21-31(46(3,4)35)30(16-17-40-19-28(36-38-40)25(20-42)22-10-6-5-7-11-22)45-34(21)26-18-23(14-15-29(26)39(2)33(34)44)41-32(43)24-12-8-9-13-27(24)37-41/h5-15,18-19,21,25,30-31,37,42H,16-17,20H2,1-4H3/t21-,25?,30+,31-,34+/m0/s1. The van der Waals surface area contributed by atoms with E-state index in [1.165, 1.54) is 4.68 Å². The number of fused-ring (bicyclic) bond motifs is 3. The SMILES string of the molecule is C[C@H]1[C@H]([Si](C)(C)F)[C@@H](CCn2cc(C(CO)c3ccccc3)nn2)O[C@]12C(=O)N(C)c1ccc(-n3[nH]c4ccccc4c3=O)cc12. The van der Waals surface area contributed by atoms with E-state index in [0.717, 1.165) is 5.56 Å². The fraction of sp³-hybridized carbons (Fsp3) is 0.353. The van der Waals surface area contributed by atoms with Crippen LogP contribution in [0.1, 0.15) is 36.1 Å². The molecule has 3 aromatic carbocycles. The van der Waals surface area contributed by atoms with E-state index in [1.807, 2.05) is 73.8 Å². The van der Waals surface area contributed by atoms with Gasteiger partial charge in [0.05, 0.1) is 46.6 Å². The molecule has 2 aromatic heterocycles. The number of H-pyrrole nitrogens is 1. The van der Waals surface area contributed by atoms with E-state index >= 15 is 4.11 Å². The highest BCUT2D eigenvalue weighted by Crippen LogP contribution is 2.60. The van der Waals surface area contributed by atoms with Crippen molar-refractivity contribution in [2.24, 2.45) is 5.92 Å². The minimum Gasteiger partial charge on any atom is -0.395 e. The fourth-order valence-electron chi connectivity index (χ4n) is 7.69. The Morgan fingerprint density at radius 1 is 1.09 bits per heavy atom. The number of nitrogens with zero attached hydrogens (tertiary/aromatic N) is 5. The van der Waals surface area contributed by atoms with Crippen LogP contribution in [0.3, 0.4) is 0 Å². The maximum absolute atomic E-state index is 16.2. The predicted molar refractivity (Wildman–Crippen MR) is 175 cm³/mol. The molecule has 0 radical (unpaired) electrons. The van der Waals surface area contributed by atoms with Crippen molar-refractivity contribution in [3.05, 3.63) is 106 Å². The van der Waals surface area contributed by atoms with Crippen LogP contribution in [0.4, 0.5) is 9.80 Å². The minimum atomic E-state index is -3.36. The van der Waals surface area contributed by atoms with Gasteiger partial charge >= 0.3 is 0 Å². The molecule has 2 N–H and O–H groups in total. The molecule has 1 fully saturated rings. The van der Waals surface area contributed by atoms with Crippen LogP contribution in [0.5, 0.6) is 0 Å². The van der Waals surface area contributed by atoms with Gasteiger partial charge < -0.3 is 18.9 Å². The minimum absolute atomic E-state index is 0.111. The smallest absolute Gasteiger partial charge is 0.279 e. The second-order valence-corrected chi connectivity index (χ2v) is 16.8. The molecule has 2 aliphatic rings. The van der Waals surface area contributed by atoms with Crippen molar-refractivity contribution in [3.63, 3.8) is 0 Å². The van der Waals surface area contributed by atoms with Crippen molar-refractivity contribution < 1.29 is 18.7 Å². The highest BCUT2D eigenvalue weighted by Gasteiger charge is 2.66. The molecule has 0 saturated carbocycles. The van der Waals surface area contributed by atoms with Crippen LogP contribution in [0.25, 0.3) is 16.6 Å². The molecule has 2 aliphatic heterocycles. The molecule has 1 saturated heterocycles. The summed E-state index contributed by atoms with van der Waals surface area (Å²) < 4.78 is 26.2.